The minimum Gasteiger partial charge on any atom is -0.389 e. The SMILES string of the molecule is NC(=S)c1ccc(CSc2ncn[nH]2)cc1. The fourth-order valence-corrected chi connectivity index (χ4v) is 2.05. The van der Waals surface area contributed by atoms with Crippen LogP contribution in [0.3, 0.4) is 0 Å². The van der Waals surface area contributed by atoms with Crippen molar-refractivity contribution in [3.05, 3.63) is 41.7 Å². The maximum absolute atomic E-state index is 5.52. The van der Waals surface area contributed by atoms with Crippen LogP contribution in [0.4, 0.5) is 0 Å². The second-order valence-corrected chi connectivity index (χ2v) is 4.54. The lowest BCUT2D eigenvalue weighted by Crippen LogP contribution is -2.08. The molecule has 0 spiro atoms. The van der Waals surface area contributed by atoms with Gasteiger partial charge in [-0.05, 0) is 5.56 Å². The zero-order valence-electron chi connectivity index (χ0n) is 8.38. The molecule has 0 radical (unpaired) electrons. The van der Waals surface area contributed by atoms with Crippen molar-refractivity contribution in [3.63, 3.8) is 0 Å². The largest absolute Gasteiger partial charge is 0.389 e. The minimum atomic E-state index is 0.425. The molecule has 0 bridgehead atoms. The second-order valence-electron chi connectivity index (χ2n) is 3.14. The van der Waals surface area contributed by atoms with Crippen molar-refractivity contribution in [2.75, 3.05) is 0 Å². The van der Waals surface area contributed by atoms with E-state index in [-0.39, 0.29) is 0 Å². The van der Waals surface area contributed by atoms with Crippen LogP contribution in [0, 0.1) is 0 Å². The van der Waals surface area contributed by atoms with Crippen LogP contribution in [0.25, 0.3) is 0 Å². The summed E-state index contributed by atoms with van der Waals surface area (Å²) < 4.78 is 0. The molecule has 0 aliphatic heterocycles. The quantitative estimate of drug-likeness (QED) is 0.639. The van der Waals surface area contributed by atoms with Gasteiger partial charge in [-0.15, -0.1) is 0 Å². The molecule has 0 saturated heterocycles. The van der Waals surface area contributed by atoms with Gasteiger partial charge < -0.3 is 5.73 Å². The number of hydrogen-bond acceptors (Lipinski definition) is 4. The average Bonchev–Trinajstić information content (AvgIpc) is 2.80. The van der Waals surface area contributed by atoms with Gasteiger partial charge in [0.05, 0.1) is 0 Å². The van der Waals surface area contributed by atoms with E-state index in [9.17, 15) is 0 Å². The zero-order chi connectivity index (χ0) is 11.4. The van der Waals surface area contributed by atoms with Crippen LogP contribution in [0.5, 0.6) is 0 Å². The highest BCUT2D eigenvalue weighted by Gasteiger charge is 2.00. The summed E-state index contributed by atoms with van der Waals surface area (Å²) in [6, 6.07) is 7.88. The van der Waals surface area contributed by atoms with Crippen LogP contribution in [0.2, 0.25) is 0 Å². The molecular weight excluding hydrogens is 240 g/mol. The number of H-pyrrole nitrogens is 1. The summed E-state index contributed by atoms with van der Waals surface area (Å²) >= 11 is 6.49. The third-order valence-corrected chi connectivity index (χ3v) is 3.19. The summed E-state index contributed by atoms with van der Waals surface area (Å²) in [6.07, 6.45) is 1.50. The molecule has 16 heavy (non-hydrogen) atoms. The number of nitrogens with two attached hydrogens (primary N) is 1. The van der Waals surface area contributed by atoms with Crippen LogP contribution >= 0.6 is 24.0 Å². The van der Waals surface area contributed by atoms with Crippen molar-refractivity contribution in [1.29, 1.82) is 0 Å². The lowest BCUT2D eigenvalue weighted by Gasteiger charge is -2.01. The monoisotopic (exact) mass is 250 g/mol. The van der Waals surface area contributed by atoms with E-state index in [1.54, 1.807) is 11.8 Å². The van der Waals surface area contributed by atoms with Crippen molar-refractivity contribution in [2.24, 2.45) is 5.73 Å². The van der Waals surface area contributed by atoms with Gasteiger partial charge in [0, 0.05) is 11.3 Å². The molecule has 1 aromatic carbocycles. The average molecular weight is 250 g/mol. The lowest BCUT2D eigenvalue weighted by atomic mass is 10.1. The van der Waals surface area contributed by atoms with Crippen molar-refractivity contribution in [1.82, 2.24) is 15.2 Å². The smallest absolute Gasteiger partial charge is 0.183 e. The third-order valence-electron chi connectivity index (χ3n) is 2.01. The molecule has 1 heterocycles. The standard InChI is InChI=1S/C10H10N4S2/c11-9(15)8-3-1-7(2-4-8)5-16-10-12-6-13-14-10/h1-4,6H,5H2,(H2,11,15)(H,12,13,14). The fourth-order valence-electron chi connectivity index (χ4n) is 1.18. The first kappa shape index (κ1) is 11.1. The molecule has 6 heteroatoms. The Bertz CT molecular complexity index is 464. The number of rotatable bonds is 4. The molecule has 0 atom stereocenters. The lowest BCUT2D eigenvalue weighted by molar-refractivity contribution is 0.973. The van der Waals surface area contributed by atoms with E-state index in [0.29, 0.717) is 4.99 Å². The number of hydrogen-bond donors (Lipinski definition) is 2. The summed E-state index contributed by atoms with van der Waals surface area (Å²) in [5.41, 5.74) is 7.61. The van der Waals surface area contributed by atoms with E-state index >= 15 is 0 Å². The van der Waals surface area contributed by atoms with Crippen molar-refractivity contribution in [2.45, 2.75) is 10.9 Å². The first-order valence-corrected chi connectivity index (χ1v) is 6.02. The van der Waals surface area contributed by atoms with Gasteiger partial charge in [-0.25, -0.2) is 4.98 Å². The molecule has 0 saturated carbocycles. The molecule has 0 fully saturated rings. The maximum Gasteiger partial charge on any atom is 0.183 e. The molecule has 0 unspecified atom stereocenters. The fraction of sp³-hybridized carbons (Fsp3) is 0.100. The molecule has 3 N–H and O–H groups in total. The topological polar surface area (TPSA) is 67.6 Å². The van der Waals surface area contributed by atoms with E-state index < -0.39 is 0 Å². The normalized spacial score (nSPS) is 10.2. The van der Waals surface area contributed by atoms with Gasteiger partial charge in [-0.1, -0.05) is 48.2 Å². The third kappa shape index (κ3) is 2.80. The van der Waals surface area contributed by atoms with Crippen LogP contribution < -0.4 is 5.73 Å². The Balaban J connectivity index is 1.98. The van der Waals surface area contributed by atoms with Crippen LogP contribution in [0.1, 0.15) is 11.1 Å². The van der Waals surface area contributed by atoms with E-state index in [4.69, 9.17) is 18.0 Å². The number of thioether (sulfide) groups is 1. The van der Waals surface area contributed by atoms with Crippen molar-refractivity contribution >= 4 is 29.0 Å². The van der Waals surface area contributed by atoms with Gasteiger partial charge in [0.15, 0.2) is 5.16 Å². The van der Waals surface area contributed by atoms with Crippen LogP contribution in [-0.4, -0.2) is 20.2 Å². The number of nitrogens with one attached hydrogen (secondary N) is 1. The predicted molar refractivity (Wildman–Crippen MR) is 68.3 cm³/mol. The van der Waals surface area contributed by atoms with Gasteiger partial charge in [0.1, 0.15) is 11.3 Å². The van der Waals surface area contributed by atoms with E-state index in [1.165, 1.54) is 11.9 Å². The summed E-state index contributed by atoms with van der Waals surface area (Å²) in [5.74, 6) is 0.840. The summed E-state index contributed by atoms with van der Waals surface area (Å²) in [4.78, 5) is 4.46. The number of nitrogens with zero attached hydrogens (tertiary/aromatic N) is 2. The van der Waals surface area contributed by atoms with Crippen molar-refractivity contribution in [3.8, 4) is 0 Å². The Morgan fingerprint density at radius 1 is 1.38 bits per heavy atom. The molecular formula is C10H10N4S2. The molecule has 0 aliphatic rings. The summed E-state index contributed by atoms with van der Waals surface area (Å²) in [6.45, 7) is 0. The molecule has 4 nitrogen and oxygen atoms in total. The second kappa shape index (κ2) is 5.09. The molecule has 82 valence electrons. The maximum atomic E-state index is 5.52. The molecule has 2 aromatic rings. The van der Waals surface area contributed by atoms with Gasteiger partial charge >= 0.3 is 0 Å². The Morgan fingerprint density at radius 2 is 2.12 bits per heavy atom. The molecule has 2 rings (SSSR count). The predicted octanol–water partition coefficient (Wildman–Crippen LogP) is 1.73. The molecule has 0 aliphatic carbocycles. The highest BCUT2D eigenvalue weighted by Crippen LogP contribution is 2.18. The van der Waals surface area contributed by atoms with Crippen LogP contribution in [0.15, 0.2) is 35.7 Å². The molecule has 1 aromatic heterocycles. The number of benzene rings is 1. The Labute approximate surface area is 103 Å². The minimum absolute atomic E-state index is 0.425. The summed E-state index contributed by atoms with van der Waals surface area (Å²) in [7, 11) is 0. The first-order chi connectivity index (χ1) is 7.75. The van der Waals surface area contributed by atoms with Crippen LogP contribution in [-0.2, 0) is 5.75 Å². The number of thiocarbonyl (C=S) groups is 1. The zero-order valence-corrected chi connectivity index (χ0v) is 10.0. The Hall–Kier alpha value is -1.40. The van der Waals surface area contributed by atoms with Crippen molar-refractivity contribution < 1.29 is 0 Å². The van der Waals surface area contributed by atoms with Gasteiger partial charge in [-0.3, -0.25) is 5.10 Å². The van der Waals surface area contributed by atoms with E-state index in [0.717, 1.165) is 16.5 Å². The Morgan fingerprint density at radius 3 is 2.69 bits per heavy atom. The van der Waals surface area contributed by atoms with Gasteiger partial charge in [-0.2, -0.15) is 5.10 Å². The van der Waals surface area contributed by atoms with E-state index in [1.807, 2.05) is 24.3 Å². The summed E-state index contributed by atoms with van der Waals surface area (Å²) in [5, 5.41) is 7.40. The number of aromatic amines is 1. The van der Waals surface area contributed by atoms with E-state index in [2.05, 4.69) is 15.2 Å². The number of aromatic nitrogens is 3. The highest BCUT2D eigenvalue weighted by molar-refractivity contribution is 7.98. The Kier molecular flexibility index (Phi) is 3.53. The first-order valence-electron chi connectivity index (χ1n) is 4.62. The van der Waals surface area contributed by atoms with Gasteiger partial charge in [0.25, 0.3) is 0 Å². The van der Waals surface area contributed by atoms with Gasteiger partial charge in [0.2, 0.25) is 0 Å². The molecule has 0 amide bonds. The highest BCUT2D eigenvalue weighted by atomic mass is 32.2.